The molecule has 1 heterocycles. The molecule has 0 aliphatic carbocycles. The van der Waals surface area contributed by atoms with E-state index >= 15 is 0 Å². The van der Waals surface area contributed by atoms with Crippen LogP contribution in [0.5, 0.6) is 0 Å². The lowest BCUT2D eigenvalue weighted by atomic mass is 10.3. The highest BCUT2D eigenvalue weighted by molar-refractivity contribution is 9.11. The van der Waals surface area contributed by atoms with E-state index in [1.54, 1.807) is 24.5 Å². The fraction of sp³-hybridized carbons (Fsp3) is 0.500. The summed E-state index contributed by atoms with van der Waals surface area (Å²) >= 11 is 4.86. The first-order valence-electron chi connectivity index (χ1n) is 2.97. The molecule has 1 atom stereocenters. The van der Waals surface area contributed by atoms with Crippen molar-refractivity contribution in [2.24, 2.45) is 0 Å². The average molecular weight is 222 g/mol. The molecule has 56 valence electrons. The van der Waals surface area contributed by atoms with Crippen LogP contribution in [-0.4, -0.2) is 16.2 Å². The second-order valence-corrected chi connectivity index (χ2v) is 4.61. The minimum absolute atomic E-state index is 0.293. The van der Waals surface area contributed by atoms with Gasteiger partial charge in [0.1, 0.15) is 0 Å². The van der Waals surface area contributed by atoms with E-state index in [1.807, 2.05) is 0 Å². The van der Waals surface area contributed by atoms with E-state index in [0.29, 0.717) is 6.42 Å². The van der Waals surface area contributed by atoms with Crippen LogP contribution in [0.3, 0.4) is 0 Å². The van der Waals surface area contributed by atoms with Crippen molar-refractivity contribution < 1.29 is 5.11 Å². The number of rotatable bonds is 2. The van der Waals surface area contributed by atoms with Crippen molar-refractivity contribution in [3.63, 3.8) is 0 Å². The molecule has 1 aromatic rings. The summed E-state index contributed by atoms with van der Waals surface area (Å²) in [5.41, 5.74) is 0. The second kappa shape index (κ2) is 3.46. The van der Waals surface area contributed by atoms with Crippen LogP contribution in [0.4, 0.5) is 0 Å². The quantitative estimate of drug-likeness (QED) is 0.827. The van der Waals surface area contributed by atoms with Crippen LogP contribution in [0, 0.1) is 0 Å². The summed E-state index contributed by atoms with van der Waals surface area (Å²) < 4.78 is 1.02. The Labute approximate surface area is 72.0 Å². The third kappa shape index (κ3) is 2.36. The Morgan fingerprint density at radius 2 is 2.60 bits per heavy atom. The first-order chi connectivity index (χ1) is 4.68. The van der Waals surface area contributed by atoms with Gasteiger partial charge in [0, 0.05) is 6.42 Å². The molecule has 0 fully saturated rings. The van der Waals surface area contributed by atoms with Crippen molar-refractivity contribution in [1.82, 2.24) is 4.98 Å². The number of halogens is 1. The van der Waals surface area contributed by atoms with Gasteiger partial charge in [0.2, 0.25) is 0 Å². The van der Waals surface area contributed by atoms with Gasteiger partial charge >= 0.3 is 0 Å². The minimum Gasteiger partial charge on any atom is -0.393 e. The summed E-state index contributed by atoms with van der Waals surface area (Å²) in [7, 11) is 0. The topological polar surface area (TPSA) is 33.1 Å². The summed E-state index contributed by atoms with van der Waals surface area (Å²) in [6.45, 7) is 1.76. The van der Waals surface area contributed by atoms with Crippen molar-refractivity contribution in [2.45, 2.75) is 19.4 Å². The van der Waals surface area contributed by atoms with Gasteiger partial charge in [-0.15, -0.1) is 11.3 Å². The molecule has 0 saturated carbocycles. The molecule has 0 aliphatic heterocycles. The Kier molecular flexibility index (Phi) is 2.82. The molecule has 0 saturated heterocycles. The Morgan fingerprint density at radius 3 is 3.00 bits per heavy atom. The Balaban J connectivity index is 2.58. The van der Waals surface area contributed by atoms with Gasteiger partial charge in [0.15, 0.2) is 0 Å². The molecule has 0 aromatic carbocycles. The zero-order chi connectivity index (χ0) is 7.56. The van der Waals surface area contributed by atoms with Crippen molar-refractivity contribution >= 4 is 27.3 Å². The SMILES string of the molecule is C[C@H](O)Cc1ncc(Br)s1. The molecule has 2 nitrogen and oxygen atoms in total. The van der Waals surface area contributed by atoms with E-state index in [-0.39, 0.29) is 6.10 Å². The Morgan fingerprint density at radius 1 is 1.90 bits per heavy atom. The lowest BCUT2D eigenvalue weighted by molar-refractivity contribution is 0.195. The van der Waals surface area contributed by atoms with Gasteiger partial charge in [-0.3, -0.25) is 0 Å². The van der Waals surface area contributed by atoms with Crippen LogP contribution in [0.2, 0.25) is 0 Å². The summed E-state index contributed by atoms with van der Waals surface area (Å²) in [5, 5.41) is 9.94. The lowest BCUT2D eigenvalue weighted by Gasteiger charge is -1.97. The third-order valence-corrected chi connectivity index (χ3v) is 2.49. The molecule has 0 amide bonds. The fourth-order valence-electron chi connectivity index (χ4n) is 0.635. The molecule has 0 aliphatic rings. The monoisotopic (exact) mass is 221 g/mol. The van der Waals surface area contributed by atoms with Crippen LogP contribution in [-0.2, 0) is 6.42 Å². The van der Waals surface area contributed by atoms with Crippen LogP contribution >= 0.6 is 27.3 Å². The van der Waals surface area contributed by atoms with Crippen LogP contribution in [0.25, 0.3) is 0 Å². The summed E-state index contributed by atoms with van der Waals surface area (Å²) in [6.07, 6.45) is 2.11. The Hall–Kier alpha value is 0.0700. The lowest BCUT2D eigenvalue weighted by Crippen LogP contribution is -2.02. The molecular formula is C6H8BrNOS. The molecule has 0 spiro atoms. The number of hydrogen-bond acceptors (Lipinski definition) is 3. The van der Waals surface area contributed by atoms with Gasteiger partial charge < -0.3 is 5.11 Å². The highest BCUT2D eigenvalue weighted by Crippen LogP contribution is 2.19. The first-order valence-corrected chi connectivity index (χ1v) is 4.57. The van der Waals surface area contributed by atoms with Crippen molar-refractivity contribution in [3.05, 3.63) is 15.0 Å². The summed E-state index contributed by atoms with van der Waals surface area (Å²) in [5.74, 6) is 0. The van der Waals surface area contributed by atoms with Gasteiger partial charge in [0.25, 0.3) is 0 Å². The molecule has 0 unspecified atom stereocenters. The number of aliphatic hydroxyl groups excluding tert-OH is 1. The maximum Gasteiger partial charge on any atom is 0.0962 e. The highest BCUT2D eigenvalue weighted by atomic mass is 79.9. The van der Waals surface area contributed by atoms with Crippen molar-refractivity contribution in [1.29, 1.82) is 0 Å². The maximum absolute atomic E-state index is 8.97. The van der Waals surface area contributed by atoms with E-state index in [0.717, 1.165) is 8.79 Å². The molecule has 0 radical (unpaired) electrons. The molecular weight excluding hydrogens is 214 g/mol. The molecule has 4 heteroatoms. The number of nitrogens with zero attached hydrogens (tertiary/aromatic N) is 1. The van der Waals surface area contributed by atoms with Crippen LogP contribution < -0.4 is 0 Å². The fourth-order valence-corrected chi connectivity index (χ4v) is 2.06. The predicted octanol–water partition coefficient (Wildman–Crippen LogP) is 1.83. The van der Waals surface area contributed by atoms with E-state index in [2.05, 4.69) is 20.9 Å². The van der Waals surface area contributed by atoms with Gasteiger partial charge in [-0.25, -0.2) is 4.98 Å². The molecule has 1 rings (SSSR count). The molecule has 0 bridgehead atoms. The van der Waals surface area contributed by atoms with E-state index in [4.69, 9.17) is 5.11 Å². The molecule has 1 aromatic heterocycles. The zero-order valence-corrected chi connectivity index (χ0v) is 7.94. The first kappa shape index (κ1) is 8.17. The van der Waals surface area contributed by atoms with Crippen LogP contribution in [0.15, 0.2) is 9.98 Å². The molecule has 10 heavy (non-hydrogen) atoms. The summed E-state index contributed by atoms with van der Waals surface area (Å²) in [6, 6.07) is 0. The van der Waals surface area contributed by atoms with E-state index in [1.165, 1.54) is 0 Å². The number of thiazole rings is 1. The second-order valence-electron chi connectivity index (χ2n) is 2.11. The van der Waals surface area contributed by atoms with Gasteiger partial charge in [-0.1, -0.05) is 0 Å². The smallest absolute Gasteiger partial charge is 0.0962 e. The Bertz CT molecular complexity index is 211. The van der Waals surface area contributed by atoms with E-state index < -0.39 is 0 Å². The number of aliphatic hydroxyl groups is 1. The normalized spacial score (nSPS) is 13.5. The van der Waals surface area contributed by atoms with Crippen molar-refractivity contribution in [2.75, 3.05) is 0 Å². The average Bonchev–Trinajstić information content (AvgIpc) is 2.13. The van der Waals surface area contributed by atoms with Gasteiger partial charge in [-0.2, -0.15) is 0 Å². The van der Waals surface area contributed by atoms with Gasteiger partial charge in [-0.05, 0) is 22.9 Å². The standard InChI is InChI=1S/C6H8BrNOS/c1-4(9)2-6-8-3-5(7)10-6/h3-4,9H,2H2,1H3/t4-/m0/s1. The molecule has 1 N–H and O–H groups in total. The largest absolute Gasteiger partial charge is 0.393 e. The van der Waals surface area contributed by atoms with E-state index in [9.17, 15) is 0 Å². The third-order valence-electron chi connectivity index (χ3n) is 0.995. The van der Waals surface area contributed by atoms with Gasteiger partial charge in [0.05, 0.1) is 21.1 Å². The predicted molar refractivity (Wildman–Crippen MR) is 45.2 cm³/mol. The van der Waals surface area contributed by atoms with Crippen molar-refractivity contribution in [3.8, 4) is 0 Å². The highest BCUT2D eigenvalue weighted by Gasteiger charge is 2.02. The minimum atomic E-state index is -0.293. The number of hydrogen-bond donors (Lipinski definition) is 1. The number of aromatic nitrogens is 1. The summed E-state index contributed by atoms with van der Waals surface area (Å²) in [4.78, 5) is 4.07. The zero-order valence-electron chi connectivity index (χ0n) is 5.54. The maximum atomic E-state index is 8.97. The van der Waals surface area contributed by atoms with Crippen LogP contribution in [0.1, 0.15) is 11.9 Å².